The third-order valence-corrected chi connectivity index (χ3v) is 2.47. The molecule has 2 aromatic heterocycles. The second-order valence-corrected chi connectivity index (χ2v) is 3.64. The van der Waals surface area contributed by atoms with Crippen molar-refractivity contribution >= 4 is 17.9 Å². The zero-order valence-electron chi connectivity index (χ0n) is 10.8. The van der Waals surface area contributed by atoms with Gasteiger partial charge in [0.2, 0.25) is 5.88 Å². The van der Waals surface area contributed by atoms with Crippen molar-refractivity contribution in [2.24, 2.45) is 0 Å². The van der Waals surface area contributed by atoms with Crippen LogP contribution in [0.3, 0.4) is 0 Å². The summed E-state index contributed by atoms with van der Waals surface area (Å²) in [6, 6.07) is 0. The number of carbonyl (C=O) groups excluding carboxylic acids is 1. The van der Waals surface area contributed by atoms with Crippen molar-refractivity contribution in [3.05, 3.63) is 23.7 Å². The van der Waals surface area contributed by atoms with Crippen molar-refractivity contribution in [2.45, 2.75) is 0 Å². The summed E-state index contributed by atoms with van der Waals surface area (Å²) in [6.07, 6.45) is 3.71. The number of hydrogen-bond acceptors (Lipinski definition) is 8. The number of nitrogens with two attached hydrogens (primary N) is 1. The SMILES string of the molecule is COC(=O)c1cnn(-c2nc(C=N)c(N)c(OC)n2)c1. The predicted molar refractivity (Wildman–Crippen MR) is 69.3 cm³/mol. The number of esters is 1. The Morgan fingerprint density at radius 3 is 2.80 bits per heavy atom. The van der Waals surface area contributed by atoms with E-state index in [9.17, 15) is 4.79 Å². The van der Waals surface area contributed by atoms with Crippen molar-refractivity contribution in [1.29, 1.82) is 5.41 Å². The molecular weight excluding hydrogens is 264 g/mol. The Kier molecular flexibility index (Phi) is 3.60. The molecule has 0 spiro atoms. The molecule has 9 heteroatoms. The predicted octanol–water partition coefficient (Wildman–Crippen LogP) is 0.0374. The number of aromatic nitrogens is 4. The molecule has 9 nitrogen and oxygen atoms in total. The van der Waals surface area contributed by atoms with Gasteiger partial charge in [0.1, 0.15) is 11.4 Å². The van der Waals surface area contributed by atoms with E-state index in [0.29, 0.717) is 0 Å². The van der Waals surface area contributed by atoms with Crippen LogP contribution in [0, 0.1) is 5.41 Å². The van der Waals surface area contributed by atoms with Gasteiger partial charge in [-0.25, -0.2) is 14.5 Å². The normalized spacial score (nSPS) is 10.1. The maximum Gasteiger partial charge on any atom is 0.341 e. The Balaban J connectivity index is 2.49. The molecule has 0 aliphatic carbocycles. The number of ether oxygens (including phenoxy) is 2. The lowest BCUT2D eigenvalue weighted by molar-refractivity contribution is 0.0600. The van der Waals surface area contributed by atoms with Gasteiger partial charge >= 0.3 is 5.97 Å². The van der Waals surface area contributed by atoms with Crippen LogP contribution >= 0.6 is 0 Å². The number of anilines is 1. The Hall–Kier alpha value is -2.97. The van der Waals surface area contributed by atoms with Crippen LogP contribution in [-0.2, 0) is 4.74 Å². The summed E-state index contributed by atoms with van der Waals surface area (Å²) in [5, 5.41) is 11.2. The van der Waals surface area contributed by atoms with Crippen LogP contribution in [0.1, 0.15) is 16.1 Å². The van der Waals surface area contributed by atoms with E-state index in [4.69, 9.17) is 15.9 Å². The van der Waals surface area contributed by atoms with Gasteiger partial charge in [0.25, 0.3) is 5.95 Å². The zero-order chi connectivity index (χ0) is 14.7. The zero-order valence-corrected chi connectivity index (χ0v) is 10.8. The van der Waals surface area contributed by atoms with Gasteiger partial charge < -0.3 is 20.6 Å². The van der Waals surface area contributed by atoms with Crippen LogP contribution in [0.5, 0.6) is 5.88 Å². The van der Waals surface area contributed by atoms with E-state index < -0.39 is 5.97 Å². The second kappa shape index (κ2) is 5.34. The summed E-state index contributed by atoms with van der Waals surface area (Å²) in [4.78, 5) is 19.5. The Bertz CT molecular complexity index is 666. The van der Waals surface area contributed by atoms with E-state index in [2.05, 4.69) is 19.8 Å². The molecule has 0 bridgehead atoms. The Morgan fingerprint density at radius 1 is 1.45 bits per heavy atom. The van der Waals surface area contributed by atoms with Gasteiger partial charge in [-0.3, -0.25) is 0 Å². The minimum absolute atomic E-state index is 0.128. The molecular formula is C11H12N6O3. The van der Waals surface area contributed by atoms with Gasteiger partial charge in [0.15, 0.2) is 0 Å². The molecule has 2 aromatic rings. The third-order valence-electron chi connectivity index (χ3n) is 2.47. The highest BCUT2D eigenvalue weighted by Gasteiger charge is 2.15. The van der Waals surface area contributed by atoms with Crippen molar-refractivity contribution in [1.82, 2.24) is 19.7 Å². The number of hydrogen-bond donors (Lipinski definition) is 2. The first-order valence-corrected chi connectivity index (χ1v) is 5.46. The Morgan fingerprint density at radius 2 is 2.20 bits per heavy atom. The van der Waals surface area contributed by atoms with Gasteiger partial charge in [-0.05, 0) is 0 Å². The van der Waals surface area contributed by atoms with Crippen molar-refractivity contribution in [3.8, 4) is 11.8 Å². The Labute approximate surface area is 113 Å². The molecule has 0 saturated heterocycles. The monoisotopic (exact) mass is 276 g/mol. The summed E-state index contributed by atoms with van der Waals surface area (Å²) in [7, 11) is 2.68. The van der Waals surface area contributed by atoms with Gasteiger partial charge in [-0.1, -0.05) is 0 Å². The second-order valence-electron chi connectivity index (χ2n) is 3.64. The van der Waals surface area contributed by atoms with E-state index in [1.165, 1.54) is 31.3 Å². The van der Waals surface area contributed by atoms with Crippen molar-refractivity contribution in [2.75, 3.05) is 20.0 Å². The highest BCUT2D eigenvalue weighted by atomic mass is 16.5. The molecule has 2 heterocycles. The standard InChI is InChI=1S/C11H12N6O3/c1-19-9-8(13)7(3-12)15-11(16-9)17-5-6(4-14-17)10(18)20-2/h3-5,12H,13H2,1-2H3. The van der Waals surface area contributed by atoms with Crippen molar-refractivity contribution in [3.63, 3.8) is 0 Å². The number of carbonyl (C=O) groups is 1. The van der Waals surface area contributed by atoms with Crippen LogP contribution in [0.15, 0.2) is 12.4 Å². The molecule has 0 atom stereocenters. The number of rotatable bonds is 4. The van der Waals surface area contributed by atoms with E-state index in [1.807, 2.05) is 0 Å². The molecule has 0 aliphatic rings. The van der Waals surface area contributed by atoms with Gasteiger partial charge in [-0.15, -0.1) is 0 Å². The number of nitrogens with zero attached hydrogens (tertiary/aromatic N) is 4. The average molecular weight is 276 g/mol. The third kappa shape index (κ3) is 2.28. The lowest BCUT2D eigenvalue weighted by Crippen LogP contribution is -2.09. The molecule has 0 saturated carbocycles. The summed E-state index contributed by atoms with van der Waals surface area (Å²) in [6.45, 7) is 0. The molecule has 2 rings (SSSR count). The summed E-state index contributed by atoms with van der Waals surface area (Å²) < 4.78 is 10.9. The van der Waals surface area contributed by atoms with E-state index in [0.717, 1.165) is 6.21 Å². The van der Waals surface area contributed by atoms with Gasteiger partial charge in [0, 0.05) is 12.4 Å². The molecule has 0 amide bonds. The van der Waals surface area contributed by atoms with E-state index in [-0.39, 0.29) is 28.8 Å². The lowest BCUT2D eigenvalue weighted by Gasteiger charge is -2.07. The molecule has 0 fully saturated rings. The van der Waals surface area contributed by atoms with Crippen LogP contribution in [0.25, 0.3) is 5.95 Å². The number of nitrogens with one attached hydrogen (secondary N) is 1. The quantitative estimate of drug-likeness (QED) is 0.595. The van der Waals surface area contributed by atoms with Crippen molar-refractivity contribution < 1.29 is 14.3 Å². The summed E-state index contributed by atoms with van der Waals surface area (Å²) in [5.41, 5.74) is 6.33. The molecule has 0 aromatic carbocycles. The fourth-order valence-electron chi connectivity index (χ4n) is 1.48. The molecule has 0 unspecified atom stereocenters. The minimum atomic E-state index is -0.522. The molecule has 3 N–H and O–H groups in total. The largest absolute Gasteiger partial charge is 0.479 e. The average Bonchev–Trinajstić information content (AvgIpc) is 2.96. The molecule has 20 heavy (non-hydrogen) atoms. The maximum atomic E-state index is 11.4. The molecule has 104 valence electrons. The minimum Gasteiger partial charge on any atom is -0.479 e. The number of methoxy groups -OCH3 is 2. The van der Waals surface area contributed by atoms with Crippen LogP contribution < -0.4 is 10.5 Å². The fraction of sp³-hybridized carbons (Fsp3) is 0.182. The van der Waals surface area contributed by atoms with E-state index >= 15 is 0 Å². The van der Waals surface area contributed by atoms with Crippen LogP contribution in [0.4, 0.5) is 5.69 Å². The number of nitrogen functional groups attached to an aromatic ring is 1. The first-order chi connectivity index (χ1) is 9.60. The van der Waals surface area contributed by atoms with Gasteiger partial charge in [0.05, 0.1) is 26.0 Å². The molecule has 0 radical (unpaired) electrons. The summed E-state index contributed by atoms with van der Waals surface area (Å²) in [5.74, 6) is -0.265. The summed E-state index contributed by atoms with van der Waals surface area (Å²) >= 11 is 0. The van der Waals surface area contributed by atoms with Crippen LogP contribution in [0.2, 0.25) is 0 Å². The lowest BCUT2D eigenvalue weighted by atomic mass is 10.3. The first kappa shape index (κ1) is 13.5. The maximum absolute atomic E-state index is 11.4. The topological polar surface area (TPSA) is 129 Å². The van der Waals surface area contributed by atoms with Crippen LogP contribution in [-0.4, -0.2) is 46.2 Å². The van der Waals surface area contributed by atoms with Gasteiger partial charge in [-0.2, -0.15) is 10.1 Å². The fourth-order valence-corrected chi connectivity index (χ4v) is 1.48. The highest BCUT2D eigenvalue weighted by molar-refractivity contribution is 5.88. The molecule has 0 aliphatic heterocycles. The smallest absolute Gasteiger partial charge is 0.341 e. The van der Waals surface area contributed by atoms with E-state index in [1.54, 1.807) is 0 Å². The highest BCUT2D eigenvalue weighted by Crippen LogP contribution is 2.21. The first-order valence-electron chi connectivity index (χ1n) is 5.46.